The molecule has 2 aliphatic rings. The standard InChI is InChI=1S/C11H15NO3/c1-7(13)12-11(10(14)15-2)6-8-3-4-9(11)5-8/h3-4,8-9H,5-6H2,1-2H3,(H,12,13)/t8-,9-,11+/m1/s1. The van der Waals surface area contributed by atoms with Crippen LogP contribution < -0.4 is 5.32 Å². The molecule has 15 heavy (non-hydrogen) atoms. The van der Waals surface area contributed by atoms with Crippen molar-refractivity contribution in [1.82, 2.24) is 5.32 Å². The highest BCUT2D eigenvalue weighted by atomic mass is 16.5. The van der Waals surface area contributed by atoms with Crippen molar-refractivity contribution in [3.05, 3.63) is 12.2 Å². The van der Waals surface area contributed by atoms with Gasteiger partial charge in [0.15, 0.2) is 0 Å². The third kappa shape index (κ3) is 1.44. The fourth-order valence-corrected chi connectivity index (χ4v) is 2.78. The molecule has 1 N–H and O–H groups in total. The first-order valence-corrected chi connectivity index (χ1v) is 5.14. The Bertz CT molecular complexity index is 337. The Morgan fingerprint density at radius 3 is 2.60 bits per heavy atom. The Hall–Kier alpha value is -1.32. The van der Waals surface area contributed by atoms with Gasteiger partial charge < -0.3 is 10.1 Å². The topological polar surface area (TPSA) is 55.4 Å². The molecule has 4 heteroatoms. The molecule has 1 fully saturated rings. The van der Waals surface area contributed by atoms with Gasteiger partial charge in [0.2, 0.25) is 5.91 Å². The molecule has 0 spiro atoms. The van der Waals surface area contributed by atoms with Crippen molar-refractivity contribution in [3.8, 4) is 0 Å². The Balaban J connectivity index is 2.28. The molecule has 2 aliphatic carbocycles. The molecule has 3 atom stereocenters. The molecule has 0 unspecified atom stereocenters. The summed E-state index contributed by atoms with van der Waals surface area (Å²) in [6.45, 7) is 1.43. The second kappa shape index (κ2) is 3.36. The number of hydrogen-bond acceptors (Lipinski definition) is 3. The van der Waals surface area contributed by atoms with Crippen LogP contribution in [0.2, 0.25) is 0 Å². The highest BCUT2D eigenvalue weighted by Gasteiger charge is 2.55. The maximum atomic E-state index is 11.8. The van der Waals surface area contributed by atoms with E-state index in [2.05, 4.69) is 11.4 Å². The Morgan fingerprint density at radius 1 is 1.47 bits per heavy atom. The lowest BCUT2D eigenvalue weighted by Crippen LogP contribution is -2.57. The smallest absolute Gasteiger partial charge is 0.332 e. The Kier molecular flexibility index (Phi) is 2.29. The number of allylic oxidation sites excluding steroid dienone is 1. The minimum atomic E-state index is -0.806. The van der Waals surface area contributed by atoms with E-state index in [-0.39, 0.29) is 17.8 Å². The van der Waals surface area contributed by atoms with Crippen molar-refractivity contribution in [3.63, 3.8) is 0 Å². The molecule has 82 valence electrons. The number of carbonyl (C=O) groups excluding carboxylic acids is 2. The molecule has 0 saturated heterocycles. The minimum Gasteiger partial charge on any atom is -0.467 e. The second-order valence-corrected chi connectivity index (χ2v) is 4.34. The summed E-state index contributed by atoms with van der Waals surface area (Å²) in [7, 11) is 1.36. The number of fused-ring (bicyclic) bond motifs is 2. The van der Waals surface area contributed by atoms with Crippen LogP contribution >= 0.6 is 0 Å². The number of ether oxygens (including phenoxy) is 1. The average Bonchev–Trinajstić information content (AvgIpc) is 2.75. The van der Waals surface area contributed by atoms with Gasteiger partial charge in [-0.25, -0.2) is 4.79 Å². The molecular formula is C11H15NO3. The predicted molar refractivity (Wildman–Crippen MR) is 53.9 cm³/mol. The molecule has 0 aliphatic heterocycles. The summed E-state index contributed by atoms with van der Waals surface area (Å²) in [5.74, 6) is -0.00398. The van der Waals surface area contributed by atoms with Crippen molar-refractivity contribution < 1.29 is 14.3 Å². The van der Waals surface area contributed by atoms with Gasteiger partial charge in [0.05, 0.1) is 7.11 Å². The lowest BCUT2D eigenvalue weighted by atomic mass is 9.84. The summed E-state index contributed by atoms with van der Waals surface area (Å²) < 4.78 is 4.80. The van der Waals surface area contributed by atoms with Crippen LogP contribution in [0.1, 0.15) is 19.8 Å². The van der Waals surface area contributed by atoms with Crippen molar-refractivity contribution in [1.29, 1.82) is 0 Å². The fourth-order valence-electron chi connectivity index (χ4n) is 2.78. The van der Waals surface area contributed by atoms with Gasteiger partial charge >= 0.3 is 5.97 Å². The molecule has 4 nitrogen and oxygen atoms in total. The van der Waals surface area contributed by atoms with E-state index in [9.17, 15) is 9.59 Å². The summed E-state index contributed by atoms with van der Waals surface area (Å²) in [5.41, 5.74) is -0.806. The first-order valence-electron chi connectivity index (χ1n) is 5.14. The highest BCUT2D eigenvalue weighted by molar-refractivity contribution is 5.88. The molecule has 2 bridgehead atoms. The van der Waals surface area contributed by atoms with Crippen molar-refractivity contribution in [2.45, 2.75) is 25.3 Å². The summed E-state index contributed by atoms with van der Waals surface area (Å²) >= 11 is 0. The largest absolute Gasteiger partial charge is 0.467 e. The molecule has 0 aromatic carbocycles. The van der Waals surface area contributed by atoms with Crippen LogP contribution in [0, 0.1) is 11.8 Å². The van der Waals surface area contributed by atoms with E-state index in [1.54, 1.807) is 0 Å². The number of rotatable bonds is 2. The molecule has 0 aromatic rings. The number of amides is 1. The predicted octanol–water partition coefficient (Wildman–Crippen LogP) is 0.630. The van der Waals surface area contributed by atoms with Crippen LogP contribution in [0.5, 0.6) is 0 Å². The molecule has 0 heterocycles. The van der Waals surface area contributed by atoms with Gasteiger partial charge in [0.25, 0.3) is 0 Å². The number of hydrogen-bond donors (Lipinski definition) is 1. The zero-order chi connectivity index (χ0) is 11.1. The molecular weight excluding hydrogens is 194 g/mol. The second-order valence-electron chi connectivity index (χ2n) is 4.34. The summed E-state index contributed by atoms with van der Waals surface area (Å²) in [6, 6.07) is 0. The van der Waals surface area contributed by atoms with E-state index >= 15 is 0 Å². The van der Waals surface area contributed by atoms with Crippen LogP contribution in [0.4, 0.5) is 0 Å². The van der Waals surface area contributed by atoms with Crippen molar-refractivity contribution >= 4 is 11.9 Å². The van der Waals surface area contributed by atoms with Crippen molar-refractivity contribution in [2.24, 2.45) is 11.8 Å². The highest BCUT2D eigenvalue weighted by Crippen LogP contribution is 2.46. The Labute approximate surface area is 88.7 Å². The van der Waals surface area contributed by atoms with Gasteiger partial charge in [-0.15, -0.1) is 0 Å². The molecule has 1 amide bonds. The van der Waals surface area contributed by atoms with Gasteiger partial charge in [-0.05, 0) is 18.8 Å². The van der Waals surface area contributed by atoms with E-state index in [0.29, 0.717) is 12.3 Å². The normalized spacial score (nSPS) is 36.7. The van der Waals surface area contributed by atoms with E-state index in [1.165, 1.54) is 14.0 Å². The fraction of sp³-hybridized carbons (Fsp3) is 0.636. The summed E-state index contributed by atoms with van der Waals surface area (Å²) in [4.78, 5) is 22.9. The van der Waals surface area contributed by atoms with Gasteiger partial charge in [-0.1, -0.05) is 12.2 Å². The van der Waals surface area contributed by atoms with Crippen LogP contribution in [-0.4, -0.2) is 24.5 Å². The molecule has 2 rings (SSSR count). The van der Waals surface area contributed by atoms with Crippen LogP contribution in [0.15, 0.2) is 12.2 Å². The van der Waals surface area contributed by atoms with E-state index in [4.69, 9.17) is 4.74 Å². The minimum absolute atomic E-state index is 0.0962. The third-order valence-electron chi connectivity index (χ3n) is 3.34. The summed E-state index contributed by atoms with van der Waals surface area (Å²) in [5, 5.41) is 2.77. The molecule has 0 aromatic heterocycles. The molecule has 0 radical (unpaired) electrons. The van der Waals surface area contributed by atoms with E-state index in [0.717, 1.165) is 6.42 Å². The zero-order valence-electron chi connectivity index (χ0n) is 8.95. The average molecular weight is 209 g/mol. The van der Waals surface area contributed by atoms with Crippen molar-refractivity contribution in [2.75, 3.05) is 7.11 Å². The Morgan fingerprint density at radius 2 is 2.20 bits per heavy atom. The van der Waals surface area contributed by atoms with Gasteiger partial charge in [0.1, 0.15) is 5.54 Å². The number of carbonyl (C=O) groups is 2. The van der Waals surface area contributed by atoms with E-state index in [1.807, 2.05) is 6.08 Å². The number of nitrogens with one attached hydrogen (secondary N) is 1. The maximum Gasteiger partial charge on any atom is 0.332 e. The van der Waals surface area contributed by atoms with Gasteiger partial charge in [-0.2, -0.15) is 0 Å². The van der Waals surface area contributed by atoms with E-state index < -0.39 is 5.54 Å². The zero-order valence-corrected chi connectivity index (χ0v) is 8.95. The van der Waals surface area contributed by atoms with Crippen LogP contribution in [-0.2, 0) is 14.3 Å². The summed E-state index contributed by atoms with van der Waals surface area (Å²) in [6.07, 6.45) is 5.74. The van der Waals surface area contributed by atoms with Gasteiger partial charge in [0, 0.05) is 12.8 Å². The number of methoxy groups -OCH3 is 1. The lowest BCUT2D eigenvalue weighted by molar-refractivity contribution is -0.152. The first-order chi connectivity index (χ1) is 7.08. The first kappa shape index (κ1) is 10.2. The van der Waals surface area contributed by atoms with Gasteiger partial charge in [-0.3, -0.25) is 4.79 Å². The third-order valence-corrected chi connectivity index (χ3v) is 3.34. The molecule has 1 saturated carbocycles. The monoisotopic (exact) mass is 209 g/mol. The van der Waals surface area contributed by atoms with Crippen LogP contribution in [0.25, 0.3) is 0 Å². The van der Waals surface area contributed by atoms with Crippen LogP contribution in [0.3, 0.4) is 0 Å². The number of esters is 1. The SMILES string of the molecule is COC(=O)[C@]1(NC(C)=O)C[C@@H]2C=C[C@@H]1C2. The quantitative estimate of drug-likeness (QED) is 0.536. The lowest BCUT2D eigenvalue weighted by Gasteiger charge is -2.33. The maximum absolute atomic E-state index is 11.8.